The number of rotatable bonds is 7. The average molecular weight is 467 g/mol. The number of thiophene rings is 1. The highest BCUT2D eigenvalue weighted by Gasteiger charge is 2.24. The Labute approximate surface area is 185 Å². The molecule has 30 heavy (non-hydrogen) atoms. The summed E-state index contributed by atoms with van der Waals surface area (Å²) in [6.07, 6.45) is 0. The van der Waals surface area contributed by atoms with E-state index in [1.807, 2.05) is 0 Å². The highest BCUT2D eigenvalue weighted by molar-refractivity contribution is 7.80. The lowest BCUT2D eigenvalue weighted by atomic mass is 10.1. The number of aryl methyl sites for hydroxylation is 1. The number of hydrogen-bond donors (Lipinski definition) is 3. The summed E-state index contributed by atoms with van der Waals surface area (Å²) in [4.78, 5) is 51.6. The van der Waals surface area contributed by atoms with Gasteiger partial charge in [0.15, 0.2) is 5.78 Å². The normalized spacial score (nSPS) is 10.9. The number of halogens is 1. The molecule has 1 amide bonds. The van der Waals surface area contributed by atoms with Crippen LogP contribution in [0.3, 0.4) is 0 Å². The topological polar surface area (TPSA) is 102 Å². The molecule has 2 aromatic heterocycles. The van der Waals surface area contributed by atoms with Crippen molar-refractivity contribution in [1.82, 2.24) is 14.6 Å². The van der Waals surface area contributed by atoms with Gasteiger partial charge in [-0.05, 0) is 24.6 Å². The minimum atomic E-state index is -0.700. The molecule has 0 aliphatic carbocycles. The van der Waals surface area contributed by atoms with Gasteiger partial charge in [-0.1, -0.05) is 23.7 Å². The van der Waals surface area contributed by atoms with Crippen LogP contribution < -0.4 is 22.0 Å². The van der Waals surface area contributed by atoms with Gasteiger partial charge in [0.1, 0.15) is 4.83 Å². The summed E-state index contributed by atoms with van der Waals surface area (Å²) in [5.74, 6) is -0.256. The number of benzene rings is 1. The molecule has 0 fully saturated rings. The first-order chi connectivity index (χ1) is 14.3. The number of hydrogen-bond acceptors (Lipinski definition) is 7. The van der Waals surface area contributed by atoms with Gasteiger partial charge in [0.25, 0.3) is 11.5 Å². The molecule has 0 radical (unpaired) electrons. The second-order valence-corrected chi connectivity index (χ2v) is 8.26. The third-order valence-corrected chi connectivity index (χ3v) is 6.26. The number of ketones is 1. The number of nitrogens with one attached hydrogen (secondary N) is 2. The molecular weight excluding hydrogens is 448 g/mol. The number of carbonyl (C=O) groups is 2. The predicted molar refractivity (Wildman–Crippen MR) is 122 cm³/mol. The summed E-state index contributed by atoms with van der Waals surface area (Å²) in [7, 11) is 1.43. The van der Waals surface area contributed by atoms with Crippen molar-refractivity contribution in [2.75, 3.05) is 24.8 Å². The Kier molecular flexibility index (Phi) is 6.69. The van der Waals surface area contributed by atoms with Gasteiger partial charge in [-0.25, -0.2) is 4.79 Å². The van der Waals surface area contributed by atoms with E-state index in [0.717, 1.165) is 16.0 Å². The van der Waals surface area contributed by atoms with Gasteiger partial charge in [-0.15, -0.1) is 11.3 Å². The van der Waals surface area contributed by atoms with Crippen LogP contribution in [0.1, 0.15) is 25.6 Å². The van der Waals surface area contributed by atoms with Crippen LogP contribution in [0.5, 0.6) is 0 Å². The second kappa shape index (κ2) is 9.07. The fraction of sp³-hybridized carbons (Fsp3) is 0.263. The molecule has 2 N–H and O–H groups in total. The van der Waals surface area contributed by atoms with Crippen molar-refractivity contribution < 1.29 is 9.59 Å². The zero-order valence-electron chi connectivity index (χ0n) is 16.2. The lowest BCUT2D eigenvalue weighted by Gasteiger charge is -2.11. The molecule has 0 atom stereocenters. The molecule has 0 aliphatic heterocycles. The Hall–Kier alpha value is -2.56. The van der Waals surface area contributed by atoms with Crippen LogP contribution in [-0.4, -0.2) is 40.3 Å². The first kappa shape index (κ1) is 22.1. The summed E-state index contributed by atoms with van der Waals surface area (Å²) in [6, 6.07) is 6.39. The third-order valence-electron chi connectivity index (χ3n) is 4.49. The SMILES string of the molecule is CNn1c(=O)c2c(C)c(C(=O)NCCS)sc2n(CC(=O)c2cccc(Cl)c2)c1=O. The predicted octanol–water partition coefficient (Wildman–Crippen LogP) is 1.90. The molecule has 11 heteroatoms. The number of carbonyl (C=O) groups excluding carboxylic acids is 2. The largest absolute Gasteiger partial charge is 0.351 e. The minimum absolute atomic E-state index is 0.212. The van der Waals surface area contributed by atoms with Crippen molar-refractivity contribution in [3.8, 4) is 0 Å². The van der Waals surface area contributed by atoms with E-state index in [1.165, 1.54) is 17.7 Å². The molecule has 1 aromatic carbocycles. The quantitative estimate of drug-likeness (QED) is 0.364. The fourth-order valence-electron chi connectivity index (χ4n) is 3.05. The summed E-state index contributed by atoms with van der Waals surface area (Å²) in [6.45, 7) is 1.69. The molecule has 0 unspecified atom stereocenters. The fourth-order valence-corrected chi connectivity index (χ4v) is 4.56. The van der Waals surface area contributed by atoms with Crippen LogP contribution in [0, 0.1) is 6.92 Å². The van der Waals surface area contributed by atoms with E-state index in [1.54, 1.807) is 25.1 Å². The molecule has 3 rings (SSSR count). The average Bonchev–Trinajstić information content (AvgIpc) is 3.07. The number of Topliss-reactive ketones (excluding diaryl/α,β-unsaturated/α-hetero) is 1. The Balaban J connectivity index is 2.20. The maximum atomic E-state index is 12.9. The van der Waals surface area contributed by atoms with E-state index in [4.69, 9.17) is 11.6 Å². The van der Waals surface area contributed by atoms with Gasteiger partial charge in [-0.2, -0.15) is 17.3 Å². The zero-order valence-corrected chi connectivity index (χ0v) is 18.7. The molecule has 0 saturated heterocycles. The van der Waals surface area contributed by atoms with Crippen molar-refractivity contribution in [3.63, 3.8) is 0 Å². The van der Waals surface area contributed by atoms with Gasteiger partial charge in [0.2, 0.25) is 0 Å². The first-order valence-electron chi connectivity index (χ1n) is 8.94. The molecule has 0 spiro atoms. The maximum absolute atomic E-state index is 12.9. The number of aromatic nitrogens is 2. The van der Waals surface area contributed by atoms with E-state index in [9.17, 15) is 19.2 Å². The number of thiol groups is 1. The Morgan fingerprint density at radius 3 is 2.63 bits per heavy atom. The van der Waals surface area contributed by atoms with E-state index in [2.05, 4.69) is 23.4 Å². The molecule has 0 aliphatic rings. The maximum Gasteiger partial charge on any atom is 0.351 e. The van der Waals surface area contributed by atoms with E-state index in [0.29, 0.717) is 33.3 Å². The van der Waals surface area contributed by atoms with Crippen LogP contribution in [0.2, 0.25) is 5.02 Å². The summed E-state index contributed by atoms with van der Waals surface area (Å²) in [5.41, 5.74) is 2.06. The van der Waals surface area contributed by atoms with E-state index >= 15 is 0 Å². The minimum Gasteiger partial charge on any atom is -0.351 e. The molecule has 3 aromatic rings. The van der Waals surface area contributed by atoms with Crippen molar-refractivity contribution in [2.45, 2.75) is 13.5 Å². The molecule has 158 valence electrons. The molecule has 8 nitrogen and oxygen atoms in total. The number of amides is 1. The van der Waals surface area contributed by atoms with Crippen LogP contribution >= 0.6 is 35.6 Å². The van der Waals surface area contributed by atoms with Crippen molar-refractivity contribution in [2.24, 2.45) is 0 Å². The van der Waals surface area contributed by atoms with Gasteiger partial charge >= 0.3 is 5.69 Å². The summed E-state index contributed by atoms with van der Waals surface area (Å²) >= 11 is 11.0. The number of fused-ring (bicyclic) bond motifs is 1. The third kappa shape index (κ3) is 4.03. The van der Waals surface area contributed by atoms with Crippen molar-refractivity contribution in [1.29, 1.82) is 0 Å². The Morgan fingerprint density at radius 2 is 2.00 bits per heavy atom. The van der Waals surface area contributed by atoms with Crippen molar-refractivity contribution >= 4 is 57.5 Å². The standard InChI is InChI=1S/C19H19ClN4O4S2/c1-10-14-17(27)24(21-2)19(28)23(9-13(25)11-4-3-5-12(20)8-11)18(14)30-15(10)16(26)22-6-7-29/h3-5,8,21,29H,6-7,9H2,1-2H3,(H,22,26). The van der Waals surface area contributed by atoms with Crippen LogP contribution in [-0.2, 0) is 6.54 Å². The smallest absolute Gasteiger partial charge is 0.351 e. The first-order valence-corrected chi connectivity index (χ1v) is 10.8. The van der Waals surface area contributed by atoms with E-state index in [-0.39, 0.29) is 28.5 Å². The highest BCUT2D eigenvalue weighted by atomic mass is 35.5. The Bertz CT molecular complexity index is 1260. The van der Waals surface area contributed by atoms with Crippen LogP contribution in [0.15, 0.2) is 33.9 Å². The van der Waals surface area contributed by atoms with E-state index < -0.39 is 11.2 Å². The second-order valence-electron chi connectivity index (χ2n) is 6.38. The molecular formula is C19H19ClN4O4S2. The van der Waals surface area contributed by atoms with Gasteiger partial charge in [0.05, 0.1) is 16.8 Å². The molecule has 2 heterocycles. The van der Waals surface area contributed by atoms with Gasteiger partial charge in [-0.3, -0.25) is 19.0 Å². The summed E-state index contributed by atoms with van der Waals surface area (Å²) in [5, 5.41) is 3.32. The van der Waals surface area contributed by atoms with Crippen molar-refractivity contribution in [3.05, 3.63) is 66.1 Å². The Morgan fingerprint density at radius 1 is 1.27 bits per heavy atom. The highest BCUT2D eigenvalue weighted by Crippen LogP contribution is 2.28. The van der Waals surface area contributed by atoms with Crippen LogP contribution in [0.4, 0.5) is 0 Å². The van der Waals surface area contributed by atoms with Gasteiger partial charge < -0.3 is 10.7 Å². The van der Waals surface area contributed by atoms with Gasteiger partial charge in [0, 0.05) is 29.9 Å². The lowest BCUT2D eigenvalue weighted by molar-refractivity contribution is 0.0956. The molecule has 0 bridgehead atoms. The summed E-state index contributed by atoms with van der Waals surface area (Å²) < 4.78 is 2.02. The zero-order chi connectivity index (χ0) is 22.0. The molecule has 0 saturated carbocycles. The van der Waals surface area contributed by atoms with Crippen LogP contribution in [0.25, 0.3) is 10.2 Å². The number of nitrogens with zero attached hydrogens (tertiary/aromatic N) is 2. The monoisotopic (exact) mass is 466 g/mol. The lowest BCUT2D eigenvalue weighted by Crippen LogP contribution is -2.44.